The minimum Gasteiger partial charge on any atom is -0.371 e. The Hall–Kier alpha value is -1.83. The standard InChI is InChI=1S/C21H25BrFN3OS/c1-14(2)20(28-19(12-22)15(3)23)13-24-9-6-10-25-21-11-18(27)16-7-4-5-8-17(16)26-21/h4-5,7-8,11-12,24H,3,6,9-10,13H2,1-2H3,(H2,25,26,27)/b19-12+. The van der Waals surface area contributed by atoms with Crippen molar-refractivity contribution < 1.29 is 4.39 Å². The number of fused-ring (bicyclic) bond motifs is 1. The van der Waals surface area contributed by atoms with Crippen molar-refractivity contribution in [2.75, 3.05) is 25.0 Å². The highest BCUT2D eigenvalue weighted by Crippen LogP contribution is 2.33. The van der Waals surface area contributed by atoms with E-state index < -0.39 is 5.83 Å². The van der Waals surface area contributed by atoms with E-state index >= 15 is 0 Å². The molecule has 0 bridgehead atoms. The molecular weight excluding hydrogens is 441 g/mol. The number of pyridine rings is 1. The van der Waals surface area contributed by atoms with Crippen molar-refractivity contribution in [2.24, 2.45) is 0 Å². The highest BCUT2D eigenvalue weighted by molar-refractivity contribution is 9.11. The molecule has 150 valence electrons. The number of aromatic nitrogens is 1. The summed E-state index contributed by atoms with van der Waals surface area (Å²) < 4.78 is 13.4. The SMILES string of the molecule is C=C(F)/C(=C\Br)SC(CNCCCNc1cc(=O)c2ccccc2[nH]1)=C(C)C. The Balaban J connectivity index is 1.79. The van der Waals surface area contributed by atoms with Gasteiger partial charge in [-0.15, -0.1) is 0 Å². The van der Waals surface area contributed by atoms with Gasteiger partial charge in [0.05, 0.1) is 10.4 Å². The van der Waals surface area contributed by atoms with Gasteiger partial charge in [0.1, 0.15) is 11.6 Å². The second-order valence-corrected chi connectivity index (χ2v) is 8.05. The van der Waals surface area contributed by atoms with Crippen LogP contribution in [0, 0.1) is 0 Å². The van der Waals surface area contributed by atoms with Gasteiger partial charge in [0, 0.05) is 29.4 Å². The molecule has 1 heterocycles. The molecule has 1 aromatic carbocycles. The van der Waals surface area contributed by atoms with E-state index in [0.717, 1.165) is 41.3 Å². The second-order valence-electron chi connectivity index (χ2n) is 6.45. The third-order valence-corrected chi connectivity index (χ3v) is 6.15. The average Bonchev–Trinajstić information content (AvgIpc) is 2.66. The van der Waals surface area contributed by atoms with Gasteiger partial charge in [-0.25, -0.2) is 4.39 Å². The fourth-order valence-electron chi connectivity index (χ4n) is 2.52. The van der Waals surface area contributed by atoms with E-state index in [1.807, 2.05) is 38.1 Å². The van der Waals surface area contributed by atoms with Crippen LogP contribution in [-0.4, -0.2) is 24.6 Å². The van der Waals surface area contributed by atoms with E-state index in [2.05, 4.69) is 38.1 Å². The van der Waals surface area contributed by atoms with Crippen LogP contribution in [0.3, 0.4) is 0 Å². The third kappa shape index (κ3) is 6.65. The van der Waals surface area contributed by atoms with E-state index in [1.54, 1.807) is 11.1 Å². The van der Waals surface area contributed by atoms with Crippen LogP contribution in [0.25, 0.3) is 10.9 Å². The number of nitrogens with one attached hydrogen (secondary N) is 3. The monoisotopic (exact) mass is 465 g/mol. The van der Waals surface area contributed by atoms with E-state index in [9.17, 15) is 9.18 Å². The second kappa shape index (κ2) is 11.2. The number of rotatable bonds is 10. The van der Waals surface area contributed by atoms with Crippen LogP contribution < -0.4 is 16.1 Å². The summed E-state index contributed by atoms with van der Waals surface area (Å²) in [6.07, 6.45) is 0.881. The fourth-order valence-corrected chi connectivity index (χ4v) is 3.84. The van der Waals surface area contributed by atoms with Gasteiger partial charge in [-0.1, -0.05) is 52.0 Å². The molecule has 7 heteroatoms. The molecule has 2 rings (SSSR count). The van der Waals surface area contributed by atoms with Crippen LogP contribution in [0.1, 0.15) is 20.3 Å². The lowest BCUT2D eigenvalue weighted by molar-refractivity contribution is 0.668. The molecule has 0 fully saturated rings. The first-order valence-electron chi connectivity index (χ1n) is 8.98. The average molecular weight is 466 g/mol. The Bertz CT molecular complexity index is 948. The van der Waals surface area contributed by atoms with Crippen LogP contribution >= 0.6 is 27.7 Å². The van der Waals surface area contributed by atoms with Gasteiger partial charge in [0.2, 0.25) is 0 Å². The van der Waals surface area contributed by atoms with Gasteiger partial charge in [0.15, 0.2) is 5.43 Å². The summed E-state index contributed by atoms with van der Waals surface area (Å²) in [7, 11) is 0. The molecule has 4 nitrogen and oxygen atoms in total. The van der Waals surface area contributed by atoms with Crippen LogP contribution in [0.15, 0.2) is 67.9 Å². The first kappa shape index (κ1) is 22.5. The van der Waals surface area contributed by atoms with Gasteiger partial charge in [0.25, 0.3) is 0 Å². The Morgan fingerprint density at radius 3 is 2.75 bits per heavy atom. The number of aromatic amines is 1. The van der Waals surface area contributed by atoms with E-state index in [-0.39, 0.29) is 5.43 Å². The summed E-state index contributed by atoms with van der Waals surface area (Å²) in [6.45, 7) is 9.56. The lowest BCUT2D eigenvalue weighted by Gasteiger charge is -2.12. The Kier molecular flexibility index (Phi) is 9.02. The van der Waals surface area contributed by atoms with Crippen molar-refractivity contribution in [3.05, 3.63) is 73.3 Å². The quantitative estimate of drug-likeness (QED) is 0.312. The van der Waals surface area contributed by atoms with Crippen LogP contribution in [-0.2, 0) is 0 Å². The Morgan fingerprint density at radius 2 is 2.07 bits per heavy atom. The fraction of sp³-hybridized carbons (Fsp3) is 0.286. The predicted octanol–water partition coefficient (Wildman–Crippen LogP) is 5.67. The summed E-state index contributed by atoms with van der Waals surface area (Å²) in [4.78, 5) is 18.4. The molecule has 3 N–H and O–H groups in total. The number of halogens is 2. The van der Waals surface area contributed by atoms with Crippen molar-refractivity contribution in [2.45, 2.75) is 20.3 Å². The molecule has 0 amide bonds. The minimum atomic E-state index is -0.450. The third-order valence-electron chi connectivity index (χ3n) is 4.03. The maximum Gasteiger partial charge on any atom is 0.191 e. The number of allylic oxidation sites excluding steroid dienone is 2. The van der Waals surface area contributed by atoms with Gasteiger partial charge in [-0.2, -0.15) is 0 Å². The topological polar surface area (TPSA) is 56.9 Å². The van der Waals surface area contributed by atoms with Crippen molar-refractivity contribution in [1.29, 1.82) is 0 Å². The van der Waals surface area contributed by atoms with Crippen molar-refractivity contribution in [3.63, 3.8) is 0 Å². The van der Waals surface area contributed by atoms with Crippen molar-refractivity contribution in [3.8, 4) is 0 Å². The number of hydrogen-bond acceptors (Lipinski definition) is 4. The number of hydrogen-bond donors (Lipinski definition) is 3. The van der Waals surface area contributed by atoms with Gasteiger partial charge in [-0.3, -0.25) is 4.79 Å². The number of thioether (sulfide) groups is 1. The number of para-hydroxylation sites is 1. The predicted molar refractivity (Wildman–Crippen MR) is 124 cm³/mol. The Labute approximate surface area is 177 Å². The zero-order valence-electron chi connectivity index (χ0n) is 16.1. The normalized spacial score (nSPS) is 11.5. The summed E-state index contributed by atoms with van der Waals surface area (Å²) in [5.74, 6) is 0.270. The molecule has 0 unspecified atom stereocenters. The molecule has 0 saturated carbocycles. The number of H-pyrrole nitrogens is 1. The molecule has 0 spiro atoms. The van der Waals surface area contributed by atoms with Crippen molar-refractivity contribution >= 4 is 44.4 Å². The molecule has 0 aliphatic rings. The van der Waals surface area contributed by atoms with Gasteiger partial charge >= 0.3 is 0 Å². The number of anilines is 1. The highest BCUT2D eigenvalue weighted by atomic mass is 79.9. The van der Waals surface area contributed by atoms with E-state index in [4.69, 9.17) is 0 Å². The van der Waals surface area contributed by atoms with Crippen molar-refractivity contribution in [1.82, 2.24) is 10.3 Å². The molecule has 0 aliphatic heterocycles. The van der Waals surface area contributed by atoms with Crippen LogP contribution in [0.4, 0.5) is 10.2 Å². The zero-order chi connectivity index (χ0) is 20.5. The first-order chi connectivity index (χ1) is 13.4. The molecule has 0 radical (unpaired) electrons. The maximum atomic E-state index is 13.4. The molecule has 28 heavy (non-hydrogen) atoms. The highest BCUT2D eigenvalue weighted by Gasteiger charge is 2.08. The van der Waals surface area contributed by atoms with Crippen LogP contribution in [0.5, 0.6) is 0 Å². The summed E-state index contributed by atoms with van der Waals surface area (Å²) in [5.41, 5.74) is 1.97. The lowest BCUT2D eigenvalue weighted by Crippen LogP contribution is -2.20. The molecule has 0 atom stereocenters. The molecule has 0 saturated heterocycles. The zero-order valence-corrected chi connectivity index (χ0v) is 18.5. The van der Waals surface area contributed by atoms with Crippen LogP contribution in [0.2, 0.25) is 0 Å². The maximum absolute atomic E-state index is 13.4. The summed E-state index contributed by atoms with van der Waals surface area (Å²) >= 11 is 4.55. The first-order valence-corrected chi connectivity index (χ1v) is 10.7. The largest absolute Gasteiger partial charge is 0.371 e. The van der Waals surface area contributed by atoms with E-state index in [0.29, 0.717) is 16.8 Å². The molecule has 0 aliphatic carbocycles. The van der Waals surface area contributed by atoms with Gasteiger partial charge in [-0.05, 0) is 43.9 Å². The summed E-state index contributed by atoms with van der Waals surface area (Å²) in [6, 6.07) is 9.05. The minimum absolute atomic E-state index is 0.00491. The molecular formula is C21H25BrFN3OS. The molecule has 2 aromatic rings. The Morgan fingerprint density at radius 1 is 1.32 bits per heavy atom. The van der Waals surface area contributed by atoms with Gasteiger partial charge < -0.3 is 15.6 Å². The van der Waals surface area contributed by atoms with E-state index in [1.165, 1.54) is 11.8 Å². The smallest absolute Gasteiger partial charge is 0.191 e. The molecule has 1 aromatic heterocycles. The lowest BCUT2D eigenvalue weighted by atomic mass is 10.2. The summed E-state index contributed by atoms with van der Waals surface area (Å²) in [5, 5.41) is 7.32. The number of benzene rings is 1.